The molecule has 1 heteroatoms. The summed E-state index contributed by atoms with van der Waals surface area (Å²) in [7, 11) is 0. The van der Waals surface area contributed by atoms with Crippen molar-refractivity contribution in [3.8, 4) is 0 Å². The zero-order valence-electron chi connectivity index (χ0n) is 10.0. The molecule has 1 aliphatic rings. The lowest BCUT2D eigenvalue weighted by Gasteiger charge is -2.22. The Morgan fingerprint density at radius 2 is 1.67 bits per heavy atom. The zero-order chi connectivity index (χ0) is 11.3. The van der Waals surface area contributed by atoms with Gasteiger partial charge in [0.1, 0.15) is 0 Å². The Morgan fingerprint density at radius 1 is 1.07 bits per heavy atom. The number of fused-ring (bicyclic) bond motifs is 1. The summed E-state index contributed by atoms with van der Waals surface area (Å²) in [4.78, 5) is 0. The number of alkyl halides is 1. The number of rotatable bonds is 1. The van der Waals surface area contributed by atoms with Gasteiger partial charge in [0.2, 0.25) is 0 Å². The minimum Gasteiger partial charge on any atom is -0.0876 e. The summed E-state index contributed by atoms with van der Waals surface area (Å²) in [5, 5.41) is 0.955. The van der Waals surface area contributed by atoms with Crippen LogP contribution in [0.1, 0.15) is 50.8 Å². The van der Waals surface area contributed by atoms with Crippen molar-refractivity contribution < 1.29 is 0 Å². The highest BCUT2D eigenvalue weighted by molar-refractivity contribution is 9.08. The normalized spacial score (nSPS) is 21.4. The Morgan fingerprint density at radius 3 is 2.27 bits per heavy atom. The van der Waals surface area contributed by atoms with E-state index in [0.717, 1.165) is 5.33 Å². The van der Waals surface area contributed by atoms with E-state index in [1.54, 1.807) is 5.56 Å². The molecule has 0 unspecified atom stereocenters. The van der Waals surface area contributed by atoms with Gasteiger partial charge in [0.25, 0.3) is 0 Å². The summed E-state index contributed by atoms with van der Waals surface area (Å²) in [5.41, 5.74) is 5.14. The van der Waals surface area contributed by atoms with Gasteiger partial charge in [-0.3, -0.25) is 0 Å². The number of hydrogen-bond donors (Lipinski definition) is 0. The highest BCUT2D eigenvalue weighted by Gasteiger charge is 2.41. The molecular weight excluding hydrogens is 248 g/mol. The highest BCUT2D eigenvalue weighted by atomic mass is 79.9. The molecule has 0 heterocycles. The highest BCUT2D eigenvalue weighted by Crippen LogP contribution is 2.49. The Hall–Kier alpha value is -0.300. The molecule has 0 atom stereocenters. The second-order valence-electron chi connectivity index (χ2n) is 5.96. The molecule has 0 saturated heterocycles. The molecule has 0 nitrogen and oxygen atoms in total. The quantitative estimate of drug-likeness (QED) is 0.655. The van der Waals surface area contributed by atoms with Gasteiger partial charge >= 0.3 is 0 Å². The monoisotopic (exact) mass is 266 g/mol. The molecule has 0 bridgehead atoms. The fraction of sp³-hybridized carbons (Fsp3) is 0.571. The Balaban J connectivity index is 2.60. The zero-order valence-corrected chi connectivity index (χ0v) is 11.6. The maximum absolute atomic E-state index is 3.53. The van der Waals surface area contributed by atoms with Crippen molar-refractivity contribution >= 4 is 15.9 Å². The molecule has 82 valence electrons. The Labute approximate surface area is 101 Å². The summed E-state index contributed by atoms with van der Waals surface area (Å²) in [6.45, 7) is 9.43. The standard InChI is InChI=1S/C14H19Br/c1-13(2)9-14(3,4)12-7-10(8-15)5-6-11(12)13/h5-7H,8-9H2,1-4H3. The van der Waals surface area contributed by atoms with Crippen LogP contribution in [0.25, 0.3) is 0 Å². The molecule has 15 heavy (non-hydrogen) atoms. The second-order valence-corrected chi connectivity index (χ2v) is 6.52. The van der Waals surface area contributed by atoms with Crippen LogP contribution in [0.5, 0.6) is 0 Å². The average molecular weight is 267 g/mol. The van der Waals surface area contributed by atoms with Crippen molar-refractivity contribution in [2.24, 2.45) is 0 Å². The Bertz CT molecular complexity index is 388. The SMILES string of the molecule is CC1(C)CC(C)(C)c2cc(CBr)ccc21. The maximum atomic E-state index is 3.53. The van der Waals surface area contributed by atoms with Gasteiger partial charge in [0.15, 0.2) is 0 Å². The average Bonchev–Trinajstić information content (AvgIpc) is 2.32. The third-order valence-corrected chi connectivity index (χ3v) is 4.23. The topological polar surface area (TPSA) is 0 Å². The van der Waals surface area contributed by atoms with Gasteiger partial charge < -0.3 is 0 Å². The minimum atomic E-state index is 0.330. The van der Waals surface area contributed by atoms with Gasteiger partial charge in [0.05, 0.1) is 0 Å². The lowest BCUT2D eigenvalue weighted by Crippen LogP contribution is -2.17. The molecule has 0 radical (unpaired) electrons. The third kappa shape index (κ3) is 1.75. The summed E-state index contributed by atoms with van der Waals surface area (Å²) >= 11 is 3.53. The van der Waals surface area contributed by atoms with Gasteiger partial charge in [-0.15, -0.1) is 0 Å². The second kappa shape index (κ2) is 3.35. The van der Waals surface area contributed by atoms with Crippen molar-refractivity contribution in [3.63, 3.8) is 0 Å². The number of benzene rings is 1. The predicted molar refractivity (Wildman–Crippen MR) is 69.7 cm³/mol. The molecular formula is C14H19Br. The molecule has 1 aliphatic carbocycles. The van der Waals surface area contributed by atoms with E-state index in [0.29, 0.717) is 10.8 Å². The van der Waals surface area contributed by atoms with Crippen LogP contribution in [0, 0.1) is 0 Å². The smallest absolute Gasteiger partial charge is 0.0283 e. The van der Waals surface area contributed by atoms with E-state index in [-0.39, 0.29) is 0 Å². The van der Waals surface area contributed by atoms with E-state index in [1.165, 1.54) is 17.5 Å². The molecule has 0 aliphatic heterocycles. The van der Waals surface area contributed by atoms with Crippen LogP contribution in [0.2, 0.25) is 0 Å². The van der Waals surface area contributed by atoms with Crippen LogP contribution in [0.15, 0.2) is 18.2 Å². The molecule has 0 saturated carbocycles. The van der Waals surface area contributed by atoms with Crippen molar-refractivity contribution in [3.05, 3.63) is 34.9 Å². The molecule has 0 N–H and O–H groups in total. The molecule has 0 amide bonds. The van der Waals surface area contributed by atoms with Crippen LogP contribution in [-0.2, 0) is 16.2 Å². The first-order chi connectivity index (χ1) is 6.87. The van der Waals surface area contributed by atoms with Gasteiger partial charge in [-0.2, -0.15) is 0 Å². The van der Waals surface area contributed by atoms with Crippen molar-refractivity contribution in [1.29, 1.82) is 0 Å². The van der Waals surface area contributed by atoms with E-state index in [2.05, 4.69) is 61.8 Å². The largest absolute Gasteiger partial charge is 0.0876 e. The number of halogens is 1. The molecule has 1 aromatic carbocycles. The van der Waals surface area contributed by atoms with E-state index in [1.807, 2.05) is 0 Å². The van der Waals surface area contributed by atoms with Crippen molar-refractivity contribution in [1.82, 2.24) is 0 Å². The first-order valence-electron chi connectivity index (χ1n) is 5.57. The van der Waals surface area contributed by atoms with E-state index in [9.17, 15) is 0 Å². The Kier molecular flexibility index (Phi) is 2.50. The molecule has 2 rings (SSSR count). The van der Waals surface area contributed by atoms with Crippen LogP contribution < -0.4 is 0 Å². The fourth-order valence-electron chi connectivity index (χ4n) is 3.12. The van der Waals surface area contributed by atoms with Gasteiger partial charge in [-0.1, -0.05) is 61.8 Å². The van der Waals surface area contributed by atoms with Crippen LogP contribution in [0.4, 0.5) is 0 Å². The number of hydrogen-bond acceptors (Lipinski definition) is 0. The van der Waals surface area contributed by atoms with Crippen LogP contribution in [0.3, 0.4) is 0 Å². The summed E-state index contributed by atoms with van der Waals surface area (Å²) in [5.74, 6) is 0. The summed E-state index contributed by atoms with van der Waals surface area (Å²) < 4.78 is 0. The van der Waals surface area contributed by atoms with Crippen molar-refractivity contribution in [2.45, 2.75) is 50.3 Å². The lowest BCUT2D eigenvalue weighted by molar-refractivity contribution is 0.403. The van der Waals surface area contributed by atoms with E-state index >= 15 is 0 Å². The van der Waals surface area contributed by atoms with Gasteiger partial charge in [0, 0.05) is 5.33 Å². The first kappa shape index (κ1) is 11.2. The first-order valence-corrected chi connectivity index (χ1v) is 6.69. The summed E-state index contributed by atoms with van der Waals surface area (Å²) in [6, 6.07) is 6.94. The van der Waals surface area contributed by atoms with E-state index < -0.39 is 0 Å². The summed E-state index contributed by atoms with van der Waals surface area (Å²) in [6.07, 6.45) is 1.25. The lowest BCUT2D eigenvalue weighted by atomic mass is 9.82. The molecule has 1 aromatic rings. The van der Waals surface area contributed by atoms with Crippen LogP contribution >= 0.6 is 15.9 Å². The van der Waals surface area contributed by atoms with Gasteiger partial charge in [-0.25, -0.2) is 0 Å². The molecule has 0 fully saturated rings. The van der Waals surface area contributed by atoms with Crippen LogP contribution in [-0.4, -0.2) is 0 Å². The van der Waals surface area contributed by atoms with Crippen molar-refractivity contribution in [2.75, 3.05) is 0 Å². The molecule has 0 aromatic heterocycles. The van der Waals surface area contributed by atoms with E-state index in [4.69, 9.17) is 0 Å². The molecule has 0 spiro atoms. The third-order valence-electron chi connectivity index (χ3n) is 3.58. The predicted octanol–water partition coefficient (Wildman–Crippen LogP) is 4.54. The van der Waals surface area contributed by atoms with Gasteiger partial charge in [-0.05, 0) is 33.9 Å². The maximum Gasteiger partial charge on any atom is 0.0283 e. The fourth-order valence-corrected chi connectivity index (χ4v) is 3.47. The minimum absolute atomic E-state index is 0.330.